The molecule has 0 radical (unpaired) electrons. The molecule has 6 heterocycles. The third kappa shape index (κ3) is 8.61. The van der Waals surface area contributed by atoms with Gasteiger partial charge in [-0.3, -0.25) is 18.3 Å². The highest BCUT2D eigenvalue weighted by atomic mass is 32.7. The minimum Gasteiger partial charge on any atom is -0.394 e. The molecule has 4 aromatic rings. The predicted octanol–water partition coefficient (Wildman–Crippen LogP) is 3.68. The molecule has 2 saturated heterocycles. The number of allylic oxidation sites excluding steroid dienone is 2. The van der Waals surface area contributed by atoms with Crippen molar-refractivity contribution in [2.75, 3.05) is 13.2 Å². The summed E-state index contributed by atoms with van der Waals surface area (Å²) < 4.78 is 49.8. The van der Waals surface area contributed by atoms with E-state index in [-0.39, 0.29) is 17.8 Å². The fraction of sp³-hybridized carbons (Fsp3) is 0.636. The van der Waals surface area contributed by atoms with Crippen LogP contribution in [0.15, 0.2) is 37.5 Å². The highest BCUT2D eigenvalue weighted by Gasteiger charge is 2.48. The molecule has 13 atom stereocenters. The van der Waals surface area contributed by atoms with Crippen LogP contribution < -0.4 is 0 Å². The second kappa shape index (κ2) is 18.1. The van der Waals surface area contributed by atoms with Crippen molar-refractivity contribution in [3.8, 4) is 0 Å². The number of rotatable bonds is 10. The Morgan fingerprint density at radius 2 is 1.25 bits per heavy atom. The summed E-state index contributed by atoms with van der Waals surface area (Å²) in [4.78, 5) is 27.7. The van der Waals surface area contributed by atoms with Gasteiger partial charge >= 0.3 is 0 Å². The lowest BCUT2D eigenvalue weighted by molar-refractivity contribution is -0.0481. The van der Waals surface area contributed by atoms with Gasteiger partial charge in [0.15, 0.2) is 23.8 Å². The topological polar surface area (TPSA) is 239 Å². The summed E-state index contributed by atoms with van der Waals surface area (Å²) in [7, 11) is -5.48. The number of hydrogen-bond donors (Lipinski definition) is 6. The molecule has 0 amide bonds. The van der Waals surface area contributed by atoms with E-state index in [1.807, 2.05) is 0 Å². The molecule has 0 bridgehead atoms. The lowest BCUT2D eigenvalue weighted by Crippen LogP contribution is -2.34. The maximum absolute atomic E-state index is 11.9. The summed E-state index contributed by atoms with van der Waals surface area (Å²) in [5.74, 6) is 0.314. The van der Waals surface area contributed by atoms with Gasteiger partial charge in [0.25, 0.3) is 0 Å². The summed E-state index contributed by atoms with van der Waals surface area (Å²) in [5, 5.41) is 41.0. The minimum atomic E-state index is -2.74. The smallest absolute Gasteiger partial charge is 0.243 e. The Balaban J connectivity index is 1.10. The molecule has 7 rings (SSSR count). The first-order valence-corrected chi connectivity index (χ1v) is 23.5. The molecule has 0 aromatic carbocycles. The lowest BCUT2D eigenvalue weighted by Gasteiger charge is -2.22. The van der Waals surface area contributed by atoms with Crippen molar-refractivity contribution in [3.05, 3.63) is 48.8 Å². The van der Waals surface area contributed by atoms with Gasteiger partial charge in [-0.1, -0.05) is 62.8 Å². The second-order valence-corrected chi connectivity index (χ2v) is 18.0. The Morgan fingerprint density at radius 3 is 1.75 bits per heavy atom. The summed E-state index contributed by atoms with van der Waals surface area (Å²) in [6.07, 6.45) is 8.26. The maximum Gasteiger partial charge on any atom is 0.243 e. The van der Waals surface area contributed by atoms with Gasteiger partial charge in [0, 0.05) is 11.8 Å². The van der Waals surface area contributed by atoms with Crippen LogP contribution in [0.2, 0.25) is 0 Å². The monoisotopic (exact) mass is 840 g/mol. The van der Waals surface area contributed by atoms with E-state index in [0.717, 1.165) is 56.3 Å². The number of aliphatic hydroxyl groups excluding tert-OH is 4. The number of thiol groups is 2. The number of nitrogens with zero attached hydrogens (tertiary/aromatic N) is 8. The van der Waals surface area contributed by atoms with Crippen LogP contribution in [-0.4, -0.2) is 109 Å². The molecule has 0 saturated carbocycles. The molecule has 22 heteroatoms. The Hall–Kier alpha value is -2.32. The molecule has 4 aromatic heterocycles. The van der Waals surface area contributed by atoms with Gasteiger partial charge in [-0.25, -0.2) is 29.9 Å². The van der Waals surface area contributed by atoms with Gasteiger partial charge in [-0.2, -0.15) is 0 Å². The molecule has 55 heavy (non-hydrogen) atoms. The molecule has 4 N–H and O–H groups in total. The average molecular weight is 841 g/mol. The second-order valence-electron chi connectivity index (χ2n) is 14.2. The van der Waals surface area contributed by atoms with Crippen molar-refractivity contribution in [1.29, 1.82) is 0 Å². The average Bonchev–Trinajstić information content (AvgIpc) is 3.93. The Morgan fingerprint density at radius 1 is 0.764 bits per heavy atom. The van der Waals surface area contributed by atoms with E-state index in [2.05, 4.69) is 63.5 Å². The minimum absolute atomic E-state index is 0.0511. The van der Waals surface area contributed by atoms with Crippen LogP contribution in [0.3, 0.4) is 0 Å². The molecule has 2 fully saturated rings. The van der Waals surface area contributed by atoms with Crippen LogP contribution in [0.1, 0.15) is 87.5 Å². The first-order valence-electron chi connectivity index (χ1n) is 18.3. The maximum atomic E-state index is 11.9. The molecule has 0 spiro atoms. The van der Waals surface area contributed by atoms with E-state index in [1.165, 1.54) is 12.7 Å². The molecule has 3 aliphatic rings. The van der Waals surface area contributed by atoms with Crippen molar-refractivity contribution in [1.82, 2.24) is 39.0 Å². The fourth-order valence-electron chi connectivity index (χ4n) is 8.08. The number of hydrogen-bond acceptors (Lipinski definition) is 16. The predicted molar refractivity (Wildman–Crippen MR) is 206 cm³/mol. The summed E-state index contributed by atoms with van der Waals surface area (Å²) in [6, 6.07) is 0. The van der Waals surface area contributed by atoms with Gasteiger partial charge in [0.05, 0.1) is 37.3 Å². The van der Waals surface area contributed by atoms with Crippen molar-refractivity contribution >= 4 is 61.3 Å². The van der Waals surface area contributed by atoms with Gasteiger partial charge < -0.3 is 38.9 Å². The molecule has 18 nitrogen and oxygen atoms in total. The number of aliphatic hydroxyl groups is 4. The van der Waals surface area contributed by atoms with Crippen molar-refractivity contribution in [2.24, 2.45) is 5.92 Å². The van der Waals surface area contributed by atoms with Crippen LogP contribution in [0, 0.1) is 5.92 Å². The van der Waals surface area contributed by atoms with Crippen LogP contribution in [0.25, 0.3) is 22.3 Å². The zero-order valence-corrected chi connectivity index (χ0v) is 33.7. The first-order chi connectivity index (χ1) is 26.6. The van der Waals surface area contributed by atoms with Crippen LogP contribution in [0.5, 0.6) is 0 Å². The molecule has 300 valence electrons. The molecule has 7 unspecified atom stereocenters. The van der Waals surface area contributed by atoms with Crippen molar-refractivity contribution in [2.45, 2.75) is 113 Å². The van der Waals surface area contributed by atoms with Gasteiger partial charge in [-0.15, -0.1) is 0 Å². The molecular formula is C33H46N8O10P2S2. The largest absolute Gasteiger partial charge is 0.394 e. The Labute approximate surface area is 328 Å². The number of ether oxygens (including phenoxy) is 2. The van der Waals surface area contributed by atoms with Gasteiger partial charge in [-0.05, 0) is 31.6 Å². The quantitative estimate of drug-likeness (QED) is 0.0759. The summed E-state index contributed by atoms with van der Waals surface area (Å²) in [6.45, 7) is 1.27. The summed E-state index contributed by atoms with van der Waals surface area (Å²) >= 11 is 7.80. The highest BCUT2D eigenvalue weighted by molar-refractivity contribution is 8.39. The van der Waals surface area contributed by atoms with E-state index < -0.39 is 76.8 Å². The van der Waals surface area contributed by atoms with E-state index in [4.69, 9.17) is 28.5 Å². The third-order valence-electron chi connectivity index (χ3n) is 10.7. The molecule has 2 aliphatic heterocycles. The van der Waals surface area contributed by atoms with Gasteiger partial charge in [0.1, 0.15) is 60.3 Å². The highest BCUT2D eigenvalue weighted by Crippen LogP contribution is 2.43. The number of aromatic nitrogens is 8. The third-order valence-corrected chi connectivity index (χ3v) is 12.3. The van der Waals surface area contributed by atoms with E-state index in [1.54, 1.807) is 21.8 Å². The Bertz CT molecular complexity index is 2030. The number of imidazole rings is 2. The van der Waals surface area contributed by atoms with E-state index >= 15 is 0 Å². The molecular weight excluding hydrogens is 794 g/mol. The lowest BCUT2D eigenvalue weighted by atomic mass is 9.85. The van der Waals surface area contributed by atoms with Crippen LogP contribution in [0.4, 0.5) is 0 Å². The SMILES string of the molecule is CC1/C=C\CC(c2ncnc3c2ncn3[C@@H]2O[C@H](CO)[C@@H](O)[C@H]2O[PH](=O)S)CCCCCC(c2ncnc3c2ncn3C2OC(CO)[C@@H](O)[C@H]2O[PH](=O)S)C1. The van der Waals surface area contributed by atoms with Gasteiger partial charge in [0.2, 0.25) is 14.5 Å². The van der Waals surface area contributed by atoms with Crippen LogP contribution >= 0.6 is 39.0 Å². The van der Waals surface area contributed by atoms with Crippen molar-refractivity contribution in [3.63, 3.8) is 0 Å². The summed E-state index contributed by atoms with van der Waals surface area (Å²) in [5.41, 5.74) is 3.77. The fourth-order valence-corrected chi connectivity index (χ4v) is 9.78. The van der Waals surface area contributed by atoms with Crippen LogP contribution in [-0.2, 0) is 27.7 Å². The Kier molecular flexibility index (Phi) is 13.4. The zero-order chi connectivity index (χ0) is 38.8. The normalized spacial score (nSPS) is 34.1. The first kappa shape index (κ1) is 40.9. The molecule has 1 aliphatic carbocycles. The zero-order valence-electron chi connectivity index (χ0n) is 29.9. The standard InChI is InChI=1S/C33H46N8O10P2S2/c1-17-6-5-9-18(22-24-30(36-13-34-22)40(15-38-24)32-28(50-52(46)54)26(44)20(11-42)48-32)7-3-2-4-8-19(10-17)23-25-31(37-14-35-23)41(16-39-25)33-29(51-53(47)55)27(45)21(12-43)49-33/h5-6,13-21,26-29,32-33,42-45,52-53H,2-4,7-12H2,1H3,(H,46,54)(H,47,55)/b6-5-/t17?,18?,19?,20-,21?,26-,27-,28-,29-,32-,33?/m1/s1. The van der Waals surface area contributed by atoms with E-state index in [9.17, 15) is 29.6 Å². The van der Waals surface area contributed by atoms with E-state index in [0.29, 0.717) is 22.3 Å². The number of fused-ring (bicyclic) bond motifs is 2. The van der Waals surface area contributed by atoms with Crippen molar-refractivity contribution < 1.29 is 48.1 Å².